The molecule has 0 aromatic carbocycles. The quantitative estimate of drug-likeness (QED) is 0.0321. The summed E-state index contributed by atoms with van der Waals surface area (Å²) in [6, 6.07) is -0.594. The molecule has 0 amide bonds. The van der Waals surface area contributed by atoms with Crippen molar-refractivity contribution in [3.05, 3.63) is 22.6 Å². The molecule has 0 heterocycles. The van der Waals surface area contributed by atoms with E-state index < -0.39 is 25.9 Å². The molecule has 6 nitrogen and oxygen atoms in total. The number of unbranched alkanes of at least 4 members (excludes halogenated alkanes) is 11. The van der Waals surface area contributed by atoms with Crippen molar-refractivity contribution in [2.45, 2.75) is 156 Å². The molecule has 0 radical (unpaired) electrons. The number of azide groups is 1. The lowest BCUT2D eigenvalue weighted by Gasteiger charge is -2.40. The molecule has 0 aromatic rings. The van der Waals surface area contributed by atoms with Crippen molar-refractivity contribution in [3.8, 4) is 0 Å². The summed E-state index contributed by atoms with van der Waals surface area (Å²) in [5.74, 6) is -0.309. The highest BCUT2D eigenvalue weighted by molar-refractivity contribution is 6.74. The number of nitrogens with zero attached hydrogens (tertiary/aromatic N) is 3. The van der Waals surface area contributed by atoms with E-state index in [1.54, 1.807) is 0 Å². The molecule has 0 unspecified atom stereocenters. The third kappa shape index (κ3) is 15.7. The van der Waals surface area contributed by atoms with Crippen LogP contribution in [-0.4, -0.2) is 33.0 Å². The van der Waals surface area contributed by atoms with Gasteiger partial charge >= 0.3 is 5.97 Å². The first-order valence-electron chi connectivity index (χ1n) is 14.3. The lowest BCUT2D eigenvalue weighted by atomic mass is 9.97. The van der Waals surface area contributed by atoms with E-state index >= 15 is 0 Å². The molecule has 0 aliphatic heterocycles. The van der Waals surface area contributed by atoms with E-state index in [0.717, 1.165) is 12.8 Å². The van der Waals surface area contributed by atoms with E-state index in [1.165, 1.54) is 64.2 Å². The first-order valence-corrected chi connectivity index (χ1v) is 17.2. The van der Waals surface area contributed by atoms with Crippen molar-refractivity contribution < 1.29 is 14.0 Å². The highest BCUT2D eigenvalue weighted by Crippen LogP contribution is 2.38. The molecular formula is C29H57N3O3Si. The number of hydrogen-bond donors (Lipinski definition) is 0. The monoisotopic (exact) mass is 523 g/mol. The van der Waals surface area contributed by atoms with Crippen LogP contribution < -0.4 is 0 Å². The van der Waals surface area contributed by atoms with Gasteiger partial charge in [-0.25, -0.2) is 0 Å². The maximum absolute atomic E-state index is 12.3. The van der Waals surface area contributed by atoms with Crippen LogP contribution in [0.5, 0.6) is 0 Å². The van der Waals surface area contributed by atoms with Crippen molar-refractivity contribution in [1.82, 2.24) is 0 Å². The van der Waals surface area contributed by atoms with E-state index in [-0.39, 0.29) is 17.6 Å². The van der Waals surface area contributed by atoms with Crippen molar-refractivity contribution >= 4 is 14.3 Å². The minimum absolute atomic E-state index is 0.0120. The van der Waals surface area contributed by atoms with Gasteiger partial charge in [-0.15, -0.1) is 0 Å². The first kappa shape index (κ1) is 34.7. The van der Waals surface area contributed by atoms with Crippen LogP contribution in [0, 0.1) is 5.41 Å². The lowest BCUT2D eigenvalue weighted by molar-refractivity contribution is -0.153. The van der Waals surface area contributed by atoms with E-state index in [0.29, 0.717) is 0 Å². The van der Waals surface area contributed by atoms with E-state index in [4.69, 9.17) is 9.16 Å². The predicted molar refractivity (Wildman–Crippen MR) is 156 cm³/mol. The van der Waals surface area contributed by atoms with E-state index in [2.05, 4.69) is 56.9 Å². The van der Waals surface area contributed by atoms with Gasteiger partial charge in [0.1, 0.15) is 12.6 Å². The van der Waals surface area contributed by atoms with Crippen molar-refractivity contribution in [1.29, 1.82) is 0 Å². The molecular weight excluding hydrogens is 466 g/mol. The standard InChI is InChI=1S/C29H57N3O3Si/c1-10-11-12-13-14-15-16-17-18-19-20-21-22-23-26(35-36(8,9)29(5,6)7)25(31-32-30)24-34-27(33)28(2,3)4/h22-23,25-26H,10-21,24H2,1-9H3/b23-22+/t25-,26+/m0/s1. The largest absolute Gasteiger partial charge is 0.465 e. The van der Waals surface area contributed by atoms with Gasteiger partial charge in [-0.05, 0) is 57.3 Å². The molecule has 36 heavy (non-hydrogen) atoms. The number of hydrogen-bond acceptors (Lipinski definition) is 4. The summed E-state index contributed by atoms with van der Waals surface area (Å²) in [6.07, 6.45) is 19.3. The van der Waals surface area contributed by atoms with Crippen LogP contribution >= 0.6 is 0 Å². The van der Waals surface area contributed by atoms with Gasteiger partial charge in [0.15, 0.2) is 8.32 Å². The number of allylic oxidation sites excluding steroid dienone is 1. The number of ether oxygens (including phenoxy) is 1. The van der Waals surface area contributed by atoms with Gasteiger partial charge in [-0.3, -0.25) is 4.79 Å². The van der Waals surface area contributed by atoms with Crippen LogP contribution in [0.2, 0.25) is 18.1 Å². The van der Waals surface area contributed by atoms with Gasteiger partial charge in [0.05, 0.1) is 11.5 Å². The van der Waals surface area contributed by atoms with Gasteiger partial charge in [-0.2, -0.15) is 0 Å². The zero-order valence-corrected chi connectivity index (χ0v) is 26.1. The molecule has 7 heteroatoms. The highest BCUT2D eigenvalue weighted by Gasteiger charge is 2.40. The summed E-state index contributed by atoms with van der Waals surface area (Å²) in [5, 5.41) is 3.99. The highest BCUT2D eigenvalue weighted by atomic mass is 28.4. The van der Waals surface area contributed by atoms with E-state index in [1.807, 2.05) is 26.8 Å². The molecule has 210 valence electrons. The Morgan fingerprint density at radius 2 is 1.42 bits per heavy atom. The van der Waals surface area contributed by atoms with E-state index in [9.17, 15) is 10.3 Å². The maximum atomic E-state index is 12.3. The lowest BCUT2D eigenvalue weighted by Crippen LogP contribution is -2.47. The zero-order valence-electron chi connectivity index (χ0n) is 25.1. The molecule has 0 aromatic heterocycles. The number of carbonyl (C=O) groups excluding carboxylic acids is 1. The summed E-state index contributed by atoms with van der Waals surface area (Å²) in [6.45, 7) is 18.7. The Balaban J connectivity index is 4.86. The SMILES string of the molecule is CCCCCCCCCCCCC/C=C/[C@@H](O[Si](C)(C)C(C)(C)C)[C@H](COC(=O)C(C)(C)C)N=[N+]=[N-]. The topological polar surface area (TPSA) is 84.3 Å². The van der Waals surface area contributed by atoms with Crippen LogP contribution in [0.3, 0.4) is 0 Å². The minimum atomic E-state index is -2.13. The third-order valence-electron chi connectivity index (χ3n) is 7.11. The second-order valence-corrected chi connectivity index (χ2v) is 17.5. The minimum Gasteiger partial charge on any atom is -0.465 e. The van der Waals surface area contributed by atoms with Gasteiger partial charge in [-0.1, -0.05) is 109 Å². The molecule has 0 bridgehead atoms. The summed E-state index contributed by atoms with van der Waals surface area (Å²) in [7, 11) is -2.13. The number of carbonyl (C=O) groups is 1. The average molecular weight is 524 g/mol. The predicted octanol–water partition coefficient (Wildman–Crippen LogP) is 9.90. The summed E-state index contributed by atoms with van der Waals surface area (Å²) in [5.41, 5.74) is 8.59. The summed E-state index contributed by atoms with van der Waals surface area (Å²) in [4.78, 5) is 15.4. The Bertz CT molecular complexity index is 674. The normalized spacial score (nSPS) is 14.5. The molecule has 0 N–H and O–H groups in total. The van der Waals surface area contributed by atoms with Gasteiger partial charge in [0, 0.05) is 4.91 Å². The van der Waals surface area contributed by atoms with Gasteiger partial charge in [0.25, 0.3) is 0 Å². The third-order valence-corrected chi connectivity index (χ3v) is 11.6. The van der Waals surface area contributed by atoms with Crippen LogP contribution in [-0.2, 0) is 14.0 Å². The Morgan fingerprint density at radius 1 is 0.917 bits per heavy atom. The molecule has 0 aliphatic rings. The molecule has 0 fully saturated rings. The first-order chi connectivity index (χ1) is 16.8. The fourth-order valence-corrected chi connectivity index (χ4v) is 4.83. The second-order valence-electron chi connectivity index (χ2n) is 12.7. The Labute approximate surface area is 223 Å². The molecule has 0 saturated heterocycles. The second kappa shape index (κ2) is 18.0. The van der Waals surface area contributed by atoms with Crippen molar-refractivity contribution in [2.24, 2.45) is 10.5 Å². The van der Waals surface area contributed by atoms with Crippen LogP contribution in [0.1, 0.15) is 126 Å². The molecule has 0 rings (SSSR count). The fourth-order valence-electron chi connectivity index (χ4n) is 3.56. The molecule has 0 saturated carbocycles. The zero-order chi connectivity index (χ0) is 27.7. The van der Waals surface area contributed by atoms with Crippen molar-refractivity contribution in [2.75, 3.05) is 6.61 Å². The number of esters is 1. The Morgan fingerprint density at radius 3 is 1.86 bits per heavy atom. The Hall–Kier alpha value is -1.30. The van der Waals surface area contributed by atoms with Crippen LogP contribution in [0.4, 0.5) is 0 Å². The molecule has 2 atom stereocenters. The summed E-state index contributed by atoms with van der Waals surface area (Å²) >= 11 is 0. The molecule has 0 spiro atoms. The maximum Gasteiger partial charge on any atom is 0.311 e. The van der Waals surface area contributed by atoms with Crippen molar-refractivity contribution in [3.63, 3.8) is 0 Å². The number of rotatable bonds is 19. The van der Waals surface area contributed by atoms with Gasteiger partial charge < -0.3 is 9.16 Å². The molecule has 0 aliphatic carbocycles. The smallest absolute Gasteiger partial charge is 0.311 e. The van der Waals surface area contributed by atoms with Gasteiger partial charge in [0.2, 0.25) is 0 Å². The van der Waals surface area contributed by atoms with Crippen LogP contribution in [0.25, 0.3) is 10.4 Å². The average Bonchev–Trinajstić information content (AvgIpc) is 2.77. The summed E-state index contributed by atoms with van der Waals surface area (Å²) < 4.78 is 12.2. The van der Waals surface area contributed by atoms with Crippen LogP contribution in [0.15, 0.2) is 17.3 Å². The Kier molecular flexibility index (Phi) is 17.4. The fraction of sp³-hybridized carbons (Fsp3) is 0.897.